The smallest absolute Gasteiger partial charge is 0.323 e. The number of aliphatic carboxylic acids is 1. The lowest BCUT2D eigenvalue weighted by atomic mass is 9.95. The quantitative estimate of drug-likeness (QED) is 0.507. The van der Waals surface area contributed by atoms with Crippen LogP contribution in [0.5, 0.6) is 0 Å². The van der Waals surface area contributed by atoms with Gasteiger partial charge < -0.3 is 10.4 Å². The molecule has 1 saturated heterocycles. The van der Waals surface area contributed by atoms with Crippen LogP contribution in [0.25, 0.3) is 0 Å². The molecule has 0 radical (unpaired) electrons. The number of likely N-dealkylation sites (N-methyl/N-ethyl adjacent to an activating group) is 1. The molecule has 0 aromatic carbocycles. The first kappa shape index (κ1) is 14.6. The number of amides is 2. The minimum Gasteiger partial charge on any atom is -0.480 e. The number of likely N-dealkylation sites (tertiary alicyclic amines) is 1. The standard InChI is InChI=1S/C12H20N2O4/c1-12(13-2,11(17)18)7-3-4-8-14-9(15)5-6-10(14)16/h13H,3-8H2,1-2H3,(H,17,18). The summed E-state index contributed by atoms with van der Waals surface area (Å²) < 4.78 is 0. The van der Waals surface area contributed by atoms with E-state index >= 15 is 0 Å². The van der Waals surface area contributed by atoms with Crippen LogP contribution in [0.4, 0.5) is 0 Å². The molecule has 0 saturated carbocycles. The van der Waals surface area contributed by atoms with Crippen molar-refractivity contribution < 1.29 is 19.5 Å². The number of carboxylic acids is 1. The van der Waals surface area contributed by atoms with Crippen LogP contribution < -0.4 is 5.32 Å². The lowest BCUT2D eigenvalue weighted by Gasteiger charge is -2.24. The number of carbonyl (C=O) groups excluding carboxylic acids is 2. The molecule has 102 valence electrons. The first-order valence-corrected chi connectivity index (χ1v) is 6.16. The molecule has 0 aromatic heterocycles. The van der Waals surface area contributed by atoms with Gasteiger partial charge in [-0.05, 0) is 33.2 Å². The monoisotopic (exact) mass is 256 g/mol. The number of carboxylic acid groups (broad SMARTS) is 1. The van der Waals surface area contributed by atoms with Crippen molar-refractivity contribution in [2.45, 2.75) is 44.6 Å². The first-order chi connectivity index (χ1) is 8.40. The average Bonchev–Trinajstić information content (AvgIpc) is 2.64. The van der Waals surface area contributed by atoms with Crippen LogP contribution in [0.15, 0.2) is 0 Å². The van der Waals surface area contributed by atoms with Gasteiger partial charge in [0, 0.05) is 19.4 Å². The molecule has 6 nitrogen and oxygen atoms in total. The zero-order valence-corrected chi connectivity index (χ0v) is 10.9. The highest BCUT2D eigenvalue weighted by molar-refractivity contribution is 6.01. The van der Waals surface area contributed by atoms with Crippen LogP contribution in [-0.2, 0) is 14.4 Å². The third-order valence-corrected chi connectivity index (χ3v) is 3.49. The highest BCUT2D eigenvalue weighted by Crippen LogP contribution is 2.16. The van der Waals surface area contributed by atoms with E-state index in [-0.39, 0.29) is 11.8 Å². The van der Waals surface area contributed by atoms with Crippen LogP contribution in [0, 0.1) is 0 Å². The van der Waals surface area contributed by atoms with Gasteiger partial charge >= 0.3 is 5.97 Å². The van der Waals surface area contributed by atoms with Gasteiger partial charge in [-0.25, -0.2) is 0 Å². The summed E-state index contributed by atoms with van der Waals surface area (Å²) in [5.41, 5.74) is -0.945. The second-order valence-corrected chi connectivity index (χ2v) is 4.78. The maximum absolute atomic E-state index is 11.3. The predicted octanol–water partition coefficient (Wildman–Crippen LogP) is 0.368. The Morgan fingerprint density at radius 1 is 1.33 bits per heavy atom. The van der Waals surface area contributed by atoms with Gasteiger partial charge in [0.15, 0.2) is 0 Å². The molecule has 1 atom stereocenters. The summed E-state index contributed by atoms with van der Waals surface area (Å²) in [4.78, 5) is 35.0. The van der Waals surface area contributed by atoms with E-state index in [0.717, 1.165) is 0 Å². The molecule has 1 rings (SSSR count). The molecule has 1 heterocycles. The van der Waals surface area contributed by atoms with Crippen LogP contribution in [-0.4, -0.2) is 46.9 Å². The highest BCUT2D eigenvalue weighted by Gasteiger charge is 2.31. The summed E-state index contributed by atoms with van der Waals surface area (Å²) in [7, 11) is 1.61. The van der Waals surface area contributed by atoms with E-state index in [4.69, 9.17) is 5.11 Å². The summed E-state index contributed by atoms with van der Waals surface area (Å²) in [5, 5.41) is 11.8. The van der Waals surface area contributed by atoms with Gasteiger partial charge in [-0.2, -0.15) is 0 Å². The number of hydrogen-bond acceptors (Lipinski definition) is 4. The summed E-state index contributed by atoms with van der Waals surface area (Å²) >= 11 is 0. The molecule has 0 aliphatic carbocycles. The number of nitrogens with one attached hydrogen (secondary N) is 1. The Morgan fingerprint density at radius 2 is 1.89 bits per heavy atom. The Balaban J connectivity index is 2.32. The van der Waals surface area contributed by atoms with Crippen molar-refractivity contribution >= 4 is 17.8 Å². The van der Waals surface area contributed by atoms with Gasteiger partial charge in [-0.15, -0.1) is 0 Å². The van der Waals surface area contributed by atoms with E-state index in [0.29, 0.717) is 38.6 Å². The van der Waals surface area contributed by atoms with Gasteiger partial charge in [0.25, 0.3) is 0 Å². The molecule has 0 aromatic rings. The van der Waals surface area contributed by atoms with Crippen LogP contribution in [0.2, 0.25) is 0 Å². The summed E-state index contributed by atoms with van der Waals surface area (Å²) in [6.45, 7) is 2.03. The third kappa shape index (κ3) is 3.29. The Bertz CT molecular complexity index is 340. The second-order valence-electron chi connectivity index (χ2n) is 4.78. The molecule has 18 heavy (non-hydrogen) atoms. The molecule has 6 heteroatoms. The molecular weight excluding hydrogens is 236 g/mol. The average molecular weight is 256 g/mol. The Hall–Kier alpha value is -1.43. The molecule has 2 N–H and O–H groups in total. The van der Waals surface area contributed by atoms with E-state index in [9.17, 15) is 14.4 Å². The molecule has 0 spiro atoms. The van der Waals surface area contributed by atoms with Crippen molar-refractivity contribution in [3.05, 3.63) is 0 Å². The number of hydrogen-bond donors (Lipinski definition) is 2. The molecule has 2 amide bonds. The van der Waals surface area contributed by atoms with Gasteiger partial charge in [0.1, 0.15) is 5.54 Å². The summed E-state index contributed by atoms with van der Waals surface area (Å²) in [6, 6.07) is 0. The largest absolute Gasteiger partial charge is 0.480 e. The fourth-order valence-electron chi connectivity index (χ4n) is 1.96. The fourth-order valence-corrected chi connectivity index (χ4v) is 1.96. The molecular formula is C12H20N2O4. The number of carbonyl (C=O) groups is 3. The summed E-state index contributed by atoms with van der Waals surface area (Å²) in [5.74, 6) is -1.12. The lowest BCUT2D eigenvalue weighted by Crippen LogP contribution is -2.47. The van der Waals surface area contributed by atoms with Crippen molar-refractivity contribution in [2.75, 3.05) is 13.6 Å². The van der Waals surface area contributed by atoms with Gasteiger partial charge in [0.2, 0.25) is 11.8 Å². The SMILES string of the molecule is CNC(C)(CCCCN1C(=O)CCC1=O)C(=O)O. The van der Waals surface area contributed by atoms with Crippen molar-refractivity contribution in [1.82, 2.24) is 10.2 Å². The van der Waals surface area contributed by atoms with E-state index in [1.807, 2.05) is 0 Å². The van der Waals surface area contributed by atoms with Crippen molar-refractivity contribution in [1.29, 1.82) is 0 Å². The second kappa shape index (κ2) is 5.95. The minimum atomic E-state index is -0.945. The minimum absolute atomic E-state index is 0.116. The highest BCUT2D eigenvalue weighted by atomic mass is 16.4. The van der Waals surface area contributed by atoms with E-state index in [2.05, 4.69) is 5.32 Å². The molecule has 1 aliphatic heterocycles. The Labute approximate surface area is 106 Å². The fraction of sp³-hybridized carbons (Fsp3) is 0.750. The third-order valence-electron chi connectivity index (χ3n) is 3.49. The van der Waals surface area contributed by atoms with Gasteiger partial charge in [0.05, 0.1) is 0 Å². The zero-order valence-electron chi connectivity index (χ0n) is 10.9. The van der Waals surface area contributed by atoms with Crippen LogP contribution in [0.3, 0.4) is 0 Å². The summed E-state index contributed by atoms with van der Waals surface area (Å²) in [6.07, 6.45) is 2.38. The normalized spacial score (nSPS) is 19.1. The maximum atomic E-state index is 11.3. The number of rotatable bonds is 7. The van der Waals surface area contributed by atoms with E-state index in [1.54, 1.807) is 14.0 Å². The van der Waals surface area contributed by atoms with Gasteiger partial charge in [-0.1, -0.05) is 0 Å². The van der Waals surface area contributed by atoms with Crippen LogP contribution in [0.1, 0.15) is 39.0 Å². The topological polar surface area (TPSA) is 86.7 Å². The Kier molecular flexibility index (Phi) is 4.84. The predicted molar refractivity (Wildman–Crippen MR) is 64.9 cm³/mol. The first-order valence-electron chi connectivity index (χ1n) is 6.16. The molecule has 1 aliphatic rings. The molecule has 1 unspecified atom stereocenters. The van der Waals surface area contributed by atoms with Crippen molar-refractivity contribution in [2.24, 2.45) is 0 Å². The van der Waals surface area contributed by atoms with Crippen molar-refractivity contribution in [3.8, 4) is 0 Å². The lowest BCUT2D eigenvalue weighted by molar-refractivity contribution is -0.144. The van der Waals surface area contributed by atoms with Crippen molar-refractivity contribution in [3.63, 3.8) is 0 Å². The molecule has 0 bridgehead atoms. The number of imide groups is 1. The number of nitrogens with zero attached hydrogens (tertiary/aromatic N) is 1. The Morgan fingerprint density at radius 3 is 2.33 bits per heavy atom. The number of unbranched alkanes of at least 4 members (excludes halogenated alkanes) is 1. The van der Waals surface area contributed by atoms with E-state index < -0.39 is 11.5 Å². The van der Waals surface area contributed by atoms with Gasteiger partial charge in [-0.3, -0.25) is 19.3 Å². The van der Waals surface area contributed by atoms with E-state index in [1.165, 1.54) is 4.90 Å². The van der Waals surface area contributed by atoms with Crippen LogP contribution >= 0.6 is 0 Å². The zero-order chi connectivity index (χ0) is 13.8. The molecule has 1 fully saturated rings. The maximum Gasteiger partial charge on any atom is 0.323 e.